The highest BCUT2D eigenvalue weighted by atomic mass is 35.7. The lowest BCUT2D eigenvalue weighted by atomic mass is 10.1. The van der Waals surface area contributed by atoms with Gasteiger partial charge in [0, 0.05) is 16.7 Å². The standard InChI is InChI=1S/C9H7ClF3NO5S/c1-2-19-5-3-6(14(15)16)8(9(11,12)13)7(4-5)20(10,17)18/h3-4H,2H2,1H3. The van der Waals surface area contributed by atoms with E-state index in [1.165, 1.54) is 6.92 Å². The molecule has 0 saturated heterocycles. The first kappa shape index (κ1) is 16.5. The molecule has 6 nitrogen and oxygen atoms in total. The third-order valence-corrected chi connectivity index (χ3v) is 3.45. The molecule has 11 heteroatoms. The van der Waals surface area contributed by atoms with Crippen LogP contribution in [0, 0.1) is 10.1 Å². The van der Waals surface area contributed by atoms with Gasteiger partial charge in [-0.25, -0.2) is 8.42 Å². The van der Waals surface area contributed by atoms with Gasteiger partial charge in [-0.1, -0.05) is 0 Å². The summed E-state index contributed by atoms with van der Waals surface area (Å²) in [6.45, 7) is 1.45. The highest BCUT2D eigenvalue weighted by molar-refractivity contribution is 8.13. The van der Waals surface area contributed by atoms with E-state index in [0.29, 0.717) is 12.1 Å². The van der Waals surface area contributed by atoms with Crippen LogP contribution in [0.1, 0.15) is 12.5 Å². The van der Waals surface area contributed by atoms with E-state index in [4.69, 9.17) is 15.4 Å². The molecule has 0 unspecified atom stereocenters. The van der Waals surface area contributed by atoms with Crippen LogP contribution in [0.25, 0.3) is 0 Å². The molecule has 0 amide bonds. The third kappa shape index (κ3) is 3.51. The number of nitrogens with zero attached hydrogens (tertiary/aromatic N) is 1. The Bertz CT molecular complexity index is 644. The van der Waals surface area contributed by atoms with E-state index in [2.05, 4.69) is 0 Å². The van der Waals surface area contributed by atoms with Crippen LogP contribution in [0.4, 0.5) is 18.9 Å². The number of nitro benzene ring substituents is 1. The molecule has 0 aromatic heterocycles. The first-order valence-corrected chi connectivity index (χ1v) is 7.26. The van der Waals surface area contributed by atoms with E-state index in [1.54, 1.807) is 0 Å². The second-order valence-electron chi connectivity index (χ2n) is 3.44. The van der Waals surface area contributed by atoms with Crippen molar-refractivity contribution in [1.82, 2.24) is 0 Å². The number of alkyl halides is 3. The van der Waals surface area contributed by atoms with Gasteiger partial charge in [0.15, 0.2) is 5.56 Å². The molecule has 0 aliphatic carbocycles. The largest absolute Gasteiger partial charge is 0.494 e. The summed E-state index contributed by atoms with van der Waals surface area (Å²) in [4.78, 5) is 7.95. The van der Waals surface area contributed by atoms with Crippen molar-refractivity contribution < 1.29 is 31.2 Å². The topological polar surface area (TPSA) is 86.5 Å². The number of hydrogen-bond donors (Lipinski definition) is 0. The van der Waals surface area contributed by atoms with Crippen LogP contribution in [0.15, 0.2) is 17.0 Å². The van der Waals surface area contributed by atoms with Crippen molar-refractivity contribution in [3.63, 3.8) is 0 Å². The summed E-state index contributed by atoms with van der Waals surface area (Å²) in [6.07, 6.45) is -5.26. The van der Waals surface area contributed by atoms with Gasteiger partial charge in [0.2, 0.25) is 0 Å². The zero-order valence-corrected chi connectivity index (χ0v) is 11.3. The average molecular weight is 334 g/mol. The monoisotopic (exact) mass is 333 g/mol. The summed E-state index contributed by atoms with van der Waals surface area (Å²) >= 11 is 0. The molecule has 0 N–H and O–H groups in total. The van der Waals surface area contributed by atoms with E-state index in [-0.39, 0.29) is 6.61 Å². The molecule has 0 heterocycles. The SMILES string of the molecule is CCOc1cc([N+](=O)[O-])c(C(F)(F)F)c(S(=O)(=O)Cl)c1. The molecule has 0 aliphatic rings. The Labute approximate surface area is 115 Å². The molecular formula is C9H7ClF3NO5S. The van der Waals surface area contributed by atoms with Crippen LogP contribution >= 0.6 is 10.7 Å². The van der Waals surface area contributed by atoms with Crippen LogP contribution in [-0.2, 0) is 15.2 Å². The Morgan fingerprint density at radius 1 is 1.40 bits per heavy atom. The van der Waals surface area contributed by atoms with Gasteiger partial charge in [-0.3, -0.25) is 10.1 Å². The maximum absolute atomic E-state index is 12.8. The minimum Gasteiger partial charge on any atom is -0.494 e. The molecule has 1 rings (SSSR count). The summed E-state index contributed by atoms with van der Waals surface area (Å²) in [6, 6.07) is 1.000. The Morgan fingerprint density at radius 3 is 2.30 bits per heavy atom. The van der Waals surface area contributed by atoms with E-state index >= 15 is 0 Å². The molecule has 1 aromatic rings. The molecule has 0 saturated carbocycles. The average Bonchev–Trinajstić information content (AvgIpc) is 2.25. The van der Waals surface area contributed by atoms with Crippen molar-refractivity contribution in [3.8, 4) is 5.75 Å². The molecule has 0 fully saturated rings. The summed E-state index contributed by atoms with van der Waals surface area (Å²) in [5.74, 6) is -0.397. The summed E-state index contributed by atoms with van der Waals surface area (Å²) in [7, 11) is 0.0669. The Morgan fingerprint density at radius 2 is 1.95 bits per heavy atom. The number of rotatable bonds is 4. The quantitative estimate of drug-likeness (QED) is 0.480. The number of hydrogen-bond acceptors (Lipinski definition) is 5. The van der Waals surface area contributed by atoms with E-state index in [9.17, 15) is 31.7 Å². The minimum atomic E-state index is -5.26. The van der Waals surface area contributed by atoms with Crippen LogP contribution < -0.4 is 4.74 Å². The van der Waals surface area contributed by atoms with Crippen molar-refractivity contribution in [2.75, 3.05) is 6.61 Å². The normalized spacial score (nSPS) is 12.2. The van der Waals surface area contributed by atoms with E-state index in [1.807, 2.05) is 0 Å². The summed E-state index contributed by atoms with van der Waals surface area (Å²) in [5, 5.41) is 10.7. The lowest BCUT2D eigenvalue weighted by molar-refractivity contribution is -0.388. The van der Waals surface area contributed by atoms with Crippen molar-refractivity contribution in [1.29, 1.82) is 0 Å². The van der Waals surface area contributed by atoms with Gasteiger partial charge in [-0.05, 0) is 6.92 Å². The van der Waals surface area contributed by atoms with Crippen LogP contribution in [-0.4, -0.2) is 19.9 Å². The first-order chi connectivity index (χ1) is 8.98. The van der Waals surface area contributed by atoms with Crippen LogP contribution in [0.3, 0.4) is 0 Å². The van der Waals surface area contributed by atoms with Gasteiger partial charge in [0.05, 0.1) is 17.6 Å². The lowest BCUT2D eigenvalue weighted by Crippen LogP contribution is -2.14. The van der Waals surface area contributed by atoms with Gasteiger partial charge in [-0.15, -0.1) is 0 Å². The fourth-order valence-electron chi connectivity index (χ4n) is 1.45. The third-order valence-electron chi connectivity index (χ3n) is 2.11. The van der Waals surface area contributed by atoms with Crippen molar-refractivity contribution >= 4 is 25.4 Å². The predicted molar refractivity (Wildman–Crippen MR) is 62.3 cm³/mol. The highest BCUT2D eigenvalue weighted by Gasteiger charge is 2.44. The molecular weight excluding hydrogens is 327 g/mol. The van der Waals surface area contributed by atoms with Crippen molar-refractivity contribution in [2.45, 2.75) is 18.0 Å². The van der Waals surface area contributed by atoms with Gasteiger partial charge in [0.25, 0.3) is 14.7 Å². The smallest absolute Gasteiger partial charge is 0.424 e. The second-order valence-corrected chi connectivity index (χ2v) is 5.98. The van der Waals surface area contributed by atoms with Crippen molar-refractivity contribution in [2.24, 2.45) is 0 Å². The Hall–Kier alpha value is -1.55. The number of halogens is 4. The fraction of sp³-hybridized carbons (Fsp3) is 0.333. The first-order valence-electron chi connectivity index (χ1n) is 4.95. The maximum atomic E-state index is 12.8. The zero-order chi connectivity index (χ0) is 15.7. The predicted octanol–water partition coefficient (Wildman–Crippen LogP) is 2.94. The van der Waals surface area contributed by atoms with Gasteiger partial charge >= 0.3 is 6.18 Å². The Balaban J connectivity index is 3.82. The molecule has 0 atom stereocenters. The summed E-state index contributed by atoms with van der Waals surface area (Å²) < 4.78 is 65.8. The number of ether oxygens (including phenoxy) is 1. The Kier molecular flexibility index (Phi) is 4.49. The molecule has 0 bridgehead atoms. The summed E-state index contributed by atoms with van der Waals surface area (Å²) in [5.41, 5.74) is -3.37. The molecule has 1 aromatic carbocycles. The molecule has 0 spiro atoms. The van der Waals surface area contributed by atoms with E-state index < -0.39 is 42.0 Å². The molecule has 112 valence electrons. The maximum Gasteiger partial charge on any atom is 0.424 e. The highest BCUT2D eigenvalue weighted by Crippen LogP contribution is 2.43. The lowest BCUT2D eigenvalue weighted by Gasteiger charge is -2.13. The van der Waals surface area contributed by atoms with Gasteiger partial charge < -0.3 is 4.74 Å². The molecule has 20 heavy (non-hydrogen) atoms. The molecule has 0 radical (unpaired) electrons. The zero-order valence-electron chi connectivity index (χ0n) is 9.77. The van der Waals surface area contributed by atoms with Crippen LogP contribution in [0.5, 0.6) is 5.75 Å². The fourth-order valence-corrected chi connectivity index (χ4v) is 2.53. The van der Waals surface area contributed by atoms with E-state index in [0.717, 1.165) is 0 Å². The van der Waals surface area contributed by atoms with Crippen molar-refractivity contribution in [3.05, 3.63) is 27.8 Å². The van der Waals surface area contributed by atoms with Gasteiger partial charge in [-0.2, -0.15) is 13.2 Å². The second kappa shape index (κ2) is 5.44. The number of nitro groups is 1. The number of benzene rings is 1. The molecule has 0 aliphatic heterocycles. The minimum absolute atomic E-state index is 0.0235. The van der Waals surface area contributed by atoms with Crippen LogP contribution in [0.2, 0.25) is 0 Å². The van der Waals surface area contributed by atoms with Gasteiger partial charge in [0.1, 0.15) is 10.6 Å².